The van der Waals surface area contributed by atoms with E-state index in [1.165, 1.54) is 43.5 Å². The highest BCUT2D eigenvalue weighted by atomic mass is 16.5. The highest BCUT2D eigenvalue weighted by molar-refractivity contribution is 5.28. The molecule has 25 heavy (non-hydrogen) atoms. The Hall–Kier alpha value is -1.80. The van der Waals surface area contributed by atoms with E-state index >= 15 is 0 Å². The van der Waals surface area contributed by atoms with Crippen molar-refractivity contribution in [1.82, 2.24) is 4.90 Å². The second kappa shape index (κ2) is 9.05. The van der Waals surface area contributed by atoms with Crippen molar-refractivity contribution >= 4 is 0 Å². The molecule has 2 heteroatoms. The van der Waals surface area contributed by atoms with Crippen LogP contribution in [0.4, 0.5) is 0 Å². The highest BCUT2D eigenvalue weighted by Crippen LogP contribution is 2.22. The van der Waals surface area contributed by atoms with Crippen LogP contribution in [-0.2, 0) is 6.42 Å². The summed E-state index contributed by atoms with van der Waals surface area (Å²) >= 11 is 0. The molecule has 0 spiro atoms. The maximum atomic E-state index is 5.92. The first-order valence-electron chi connectivity index (χ1n) is 9.70. The van der Waals surface area contributed by atoms with Crippen molar-refractivity contribution in [2.24, 2.45) is 5.92 Å². The molecule has 0 aromatic heterocycles. The van der Waals surface area contributed by atoms with E-state index in [1.54, 1.807) is 0 Å². The monoisotopic (exact) mass is 337 g/mol. The summed E-state index contributed by atoms with van der Waals surface area (Å²) in [7, 11) is 0. The van der Waals surface area contributed by atoms with E-state index in [-0.39, 0.29) is 0 Å². The fourth-order valence-electron chi connectivity index (χ4n) is 3.60. The lowest BCUT2D eigenvalue weighted by molar-refractivity contribution is 0.155. The first-order chi connectivity index (χ1) is 12.2. The predicted octanol–water partition coefficient (Wildman–Crippen LogP) is 5.14. The molecule has 0 aliphatic carbocycles. The van der Waals surface area contributed by atoms with Gasteiger partial charge in [-0.3, -0.25) is 4.90 Å². The Morgan fingerprint density at radius 3 is 2.28 bits per heavy atom. The van der Waals surface area contributed by atoms with Crippen LogP contribution in [0.2, 0.25) is 0 Å². The smallest absolute Gasteiger partial charge is 0.119 e. The van der Waals surface area contributed by atoms with Gasteiger partial charge in [-0.05, 0) is 67.4 Å². The van der Waals surface area contributed by atoms with Crippen LogP contribution in [0.15, 0.2) is 54.6 Å². The molecule has 0 atom stereocenters. The van der Waals surface area contributed by atoms with Crippen molar-refractivity contribution in [2.75, 3.05) is 26.2 Å². The van der Waals surface area contributed by atoms with Gasteiger partial charge in [-0.25, -0.2) is 0 Å². The zero-order valence-corrected chi connectivity index (χ0v) is 15.7. The van der Waals surface area contributed by atoms with E-state index in [4.69, 9.17) is 4.74 Å². The number of piperidine rings is 1. The Kier molecular flexibility index (Phi) is 6.52. The lowest BCUT2D eigenvalue weighted by Gasteiger charge is -2.31. The largest absolute Gasteiger partial charge is 0.492 e. The van der Waals surface area contributed by atoms with Gasteiger partial charge in [0.1, 0.15) is 12.4 Å². The Balaban J connectivity index is 1.35. The summed E-state index contributed by atoms with van der Waals surface area (Å²) in [5.41, 5.74) is 2.85. The summed E-state index contributed by atoms with van der Waals surface area (Å²) in [5.74, 6) is 2.40. The number of benzene rings is 2. The van der Waals surface area contributed by atoms with Gasteiger partial charge in [-0.15, -0.1) is 0 Å². The van der Waals surface area contributed by atoms with Crippen LogP contribution in [0, 0.1) is 5.92 Å². The topological polar surface area (TPSA) is 12.5 Å². The highest BCUT2D eigenvalue weighted by Gasteiger charge is 2.19. The normalized spacial score (nSPS) is 16.3. The molecule has 2 nitrogen and oxygen atoms in total. The van der Waals surface area contributed by atoms with Gasteiger partial charge in [0.15, 0.2) is 0 Å². The van der Waals surface area contributed by atoms with Crippen molar-refractivity contribution in [1.29, 1.82) is 0 Å². The predicted molar refractivity (Wildman–Crippen MR) is 105 cm³/mol. The molecule has 1 aliphatic heterocycles. The molecule has 1 fully saturated rings. The third-order valence-corrected chi connectivity index (χ3v) is 5.30. The zero-order valence-electron chi connectivity index (χ0n) is 15.7. The number of hydrogen-bond donors (Lipinski definition) is 0. The zero-order chi connectivity index (χ0) is 17.5. The Labute approximate surface area is 152 Å². The Bertz CT molecular complexity index is 612. The fourth-order valence-corrected chi connectivity index (χ4v) is 3.60. The van der Waals surface area contributed by atoms with Crippen LogP contribution < -0.4 is 4.74 Å². The number of ether oxygens (including phenoxy) is 1. The first kappa shape index (κ1) is 18.0. The summed E-state index contributed by atoms with van der Waals surface area (Å²) in [5, 5.41) is 0. The molecular formula is C23H31NO. The van der Waals surface area contributed by atoms with Crippen LogP contribution in [0.1, 0.15) is 43.7 Å². The van der Waals surface area contributed by atoms with Crippen LogP contribution >= 0.6 is 0 Å². The second-order valence-corrected chi connectivity index (χ2v) is 7.55. The van der Waals surface area contributed by atoms with Crippen molar-refractivity contribution in [3.05, 3.63) is 65.7 Å². The third-order valence-electron chi connectivity index (χ3n) is 5.30. The molecule has 3 rings (SSSR count). The molecule has 134 valence electrons. The van der Waals surface area contributed by atoms with Gasteiger partial charge < -0.3 is 4.74 Å². The minimum Gasteiger partial charge on any atom is -0.492 e. The average Bonchev–Trinajstić information content (AvgIpc) is 2.64. The van der Waals surface area contributed by atoms with E-state index < -0.39 is 0 Å². The molecule has 1 saturated heterocycles. The number of hydrogen-bond acceptors (Lipinski definition) is 2. The number of nitrogens with zero attached hydrogens (tertiary/aromatic N) is 1. The maximum absolute atomic E-state index is 5.92. The van der Waals surface area contributed by atoms with Crippen LogP contribution in [0.3, 0.4) is 0 Å². The van der Waals surface area contributed by atoms with E-state index in [9.17, 15) is 0 Å². The van der Waals surface area contributed by atoms with Crippen LogP contribution in [-0.4, -0.2) is 31.1 Å². The summed E-state index contributed by atoms with van der Waals surface area (Å²) in [6.07, 6.45) is 3.84. The summed E-state index contributed by atoms with van der Waals surface area (Å²) in [6, 6.07) is 19.5. The van der Waals surface area contributed by atoms with Gasteiger partial charge in [0.05, 0.1) is 0 Å². The molecular weight excluding hydrogens is 306 g/mol. The molecule has 1 aliphatic rings. The lowest BCUT2D eigenvalue weighted by Crippen LogP contribution is -2.37. The van der Waals surface area contributed by atoms with Crippen molar-refractivity contribution < 1.29 is 4.74 Å². The fraction of sp³-hybridized carbons (Fsp3) is 0.478. The van der Waals surface area contributed by atoms with Gasteiger partial charge in [0, 0.05) is 6.54 Å². The maximum Gasteiger partial charge on any atom is 0.119 e. The first-order valence-corrected chi connectivity index (χ1v) is 9.70. The van der Waals surface area contributed by atoms with Crippen molar-refractivity contribution in [3.63, 3.8) is 0 Å². The van der Waals surface area contributed by atoms with E-state index in [1.807, 2.05) is 0 Å². The Morgan fingerprint density at radius 2 is 1.64 bits per heavy atom. The lowest BCUT2D eigenvalue weighted by atomic mass is 9.90. The van der Waals surface area contributed by atoms with E-state index in [0.717, 1.165) is 24.8 Å². The minimum absolute atomic E-state index is 0.575. The second-order valence-electron chi connectivity index (χ2n) is 7.55. The molecule has 0 N–H and O–H groups in total. The van der Waals surface area contributed by atoms with Gasteiger partial charge in [-0.2, -0.15) is 0 Å². The van der Waals surface area contributed by atoms with Gasteiger partial charge in [0.2, 0.25) is 0 Å². The van der Waals surface area contributed by atoms with Crippen molar-refractivity contribution in [3.8, 4) is 5.75 Å². The standard InChI is InChI=1S/C23H31NO/c1-19(2)22-8-10-23(11-9-22)25-17-16-24-14-12-21(13-15-24)18-20-6-4-3-5-7-20/h3-11,19,21H,12-18H2,1-2H3. The van der Waals surface area contributed by atoms with E-state index in [0.29, 0.717) is 5.92 Å². The quantitative estimate of drug-likeness (QED) is 0.693. The summed E-state index contributed by atoms with van der Waals surface area (Å²) in [4.78, 5) is 2.55. The van der Waals surface area contributed by atoms with Crippen LogP contribution in [0.25, 0.3) is 0 Å². The summed E-state index contributed by atoms with van der Waals surface area (Å²) in [6.45, 7) is 8.66. The molecule has 0 radical (unpaired) electrons. The number of likely N-dealkylation sites (tertiary alicyclic amines) is 1. The summed E-state index contributed by atoms with van der Waals surface area (Å²) < 4.78 is 5.92. The average molecular weight is 338 g/mol. The molecule has 2 aromatic carbocycles. The van der Waals surface area contributed by atoms with Gasteiger partial charge >= 0.3 is 0 Å². The van der Waals surface area contributed by atoms with Crippen molar-refractivity contribution in [2.45, 2.75) is 39.0 Å². The van der Waals surface area contributed by atoms with Gasteiger partial charge in [-0.1, -0.05) is 56.3 Å². The minimum atomic E-state index is 0.575. The number of rotatable bonds is 7. The SMILES string of the molecule is CC(C)c1ccc(OCCN2CCC(Cc3ccccc3)CC2)cc1. The molecule has 0 unspecified atom stereocenters. The molecule has 1 heterocycles. The molecule has 0 saturated carbocycles. The molecule has 0 bridgehead atoms. The Morgan fingerprint density at radius 1 is 0.960 bits per heavy atom. The third kappa shape index (κ3) is 5.61. The van der Waals surface area contributed by atoms with Gasteiger partial charge in [0.25, 0.3) is 0 Å². The van der Waals surface area contributed by atoms with Crippen LogP contribution in [0.5, 0.6) is 5.75 Å². The molecule has 0 amide bonds. The molecule has 2 aromatic rings. The van der Waals surface area contributed by atoms with E-state index in [2.05, 4.69) is 73.3 Å².